The summed E-state index contributed by atoms with van der Waals surface area (Å²) in [6.45, 7) is 10.2. The van der Waals surface area contributed by atoms with Gasteiger partial charge in [0.25, 0.3) is 0 Å². The Hall–Kier alpha value is -2.22. The maximum absolute atomic E-state index is 13.9. The van der Waals surface area contributed by atoms with Crippen LogP contribution in [0.2, 0.25) is 0 Å². The van der Waals surface area contributed by atoms with E-state index in [4.69, 9.17) is 0 Å². The quantitative estimate of drug-likeness (QED) is 0.427. The van der Waals surface area contributed by atoms with Crippen molar-refractivity contribution in [1.82, 2.24) is 9.21 Å². The second-order valence-corrected chi connectivity index (χ2v) is 12.9. The first kappa shape index (κ1) is 29.3. The number of sulfonamides is 1. The van der Waals surface area contributed by atoms with Crippen LogP contribution in [0.5, 0.6) is 0 Å². The summed E-state index contributed by atoms with van der Waals surface area (Å²) in [6, 6.07) is 16.3. The summed E-state index contributed by atoms with van der Waals surface area (Å²) in [7, 11) is -3.85. The van der Waals surface area contributed by atoms with E-state index in [-0.39, 0.29) is 35.7 Å². The minimum atomic E-state index is -3.85. The standard InChI is InChI=1S/C30H44N2O4S/c1-6-32(29(34)25-13-9-7-10-14-25)30(5,26-15-11-8-12-16-26)28(33)22-31(21-23(2)3)37(35,36)27-19-17-24(4)18-20-27/h8,11-12,15-20,23,25,28,33H,6-7,9-10,13-14,21-22H2,1-5H3/t28-,30+/m1/s1. The lowest BCUT2D eigenvalue weighted by Gasteiger charge is -2.47. The number of amides is 1. The van der Waals surface area contributed by atoms with E-state index >= 15 is 0 Å². The summed E-state index contributed by atoms with van der Waals surface area (Å²) in [5, 5.41) is 11.9. The second-order valence-electron chi connectivity index (χ2n) is 11.0. The molecular weight excluding hydrogens is 484 g/mol. The molecule has 6 nitrogen and oxygen atoms in total. The van der Waals surface area contributed by atoms with Gasteiger partial charge < -0.3 is 10.0 Å². The van der Waals surface area contributed by atoms with Crippen LogP contribution in [0.1, 0.15) is 70.9 Å². The predicted molar refractivity (Wildman–Crippen MR) is 149 cm³/mol. The highest BCUT2D eigenvalue weighted by Crippen LogP contribution is 2.37. The topological polar surface area (TPSA) is 77.9 Å². The molecule has 1 aliphatic carbocycles. The molecule has 0 radical (unpaired) electrons. The molecule has 3 rings (SSSR count). The third kappa shape index (κ3) is 6.62. The monoisotopic (exact) mass is 528 g/mol. The van der Waals surface area contributed by atoms with Crippen LogP contribution in [0, 0.1) is 18.8 Å². The summed E-state index contributed by atoms with van der Waals surface area (Å²) in [5.41, 5.74) is 0.680. The SMILES string of the molecule is CCN(C(=O)C1CCCCC1)[C@@](C)(c1ccccc1)[C@H](O)CN(CC(C)C)S(=O)(=O)c1ccc(C)cc1. The Balaban J connectivity index is 2.02. The van der Waals surface area contributed by atoms with Crippen molar-refractivity contribution < 1.29 is 18.3 Å². The highest BCUT2D eigenvalue weighted by Gasteiger charge is 2.45. The number of aliphatic hydroxyl groups is 1. The van der Waals surface area contributed by atoms with Crippen LogP contribution in [-0.2, 0) is 20.4 Å². The van der Waals surface area contributed by atoms with E-state index in [0.717, 1.165) is 43.2 Å². The summed E-state index contributed by atoms with van der Waals surface area (Å²) >= 11 is 0. The number of aliphatic hydroxyl groups excluding tert-OH is 1. The zero-order chi connectivity index (χ0) is 27.2. The molecule has 0 unspecified atom stereocenters. The van der Waals surface area contributed by atoms with E-state index in [9.17, 15) is 18.3 Å². The summed E-state index contributed by atoms with van der Waals surface area (Å²) in [5.74, 6) is 0.0398. The smallest absolute Gasteiger partial charge is 0.243 e. The highest BCUT2D eigenvalue weighted by molar-refractivity contribution is 7.89. The Morgan fingerprint density at radius 3 is 2.14 bits per heavy atom. The number of nitrogens with zero attached hydrogens (tertiary/aromatic N) is 2. The molecule has 1 aliphatic rings. The third-order valence-electron chi connectivity index (χ3n) is 7.71. The van der Waals surface area contributed by atoms with Gasteiger partial charge in [-0.05, 0) is 57.2 Å². The first-order chi connectivity index (χ1) is 17.5. The van der Waals surface area contributed by atoms with Crippen molar-refractivity contribution in [2.75, 3.05) is 19.6 Å². The zero-order valence-corrected chi connectivity index (χ0v) is 23.9. The molecule has 204 valence electrons. The fraction of sp³-hybridized carbons (Fsp3) is 0.567. The van der Waals surface area contributed by atoms with E-state index in [0.29, 0.717) is 6.54 Å². The van der Waals surface area contributed by atoms with Crippen LogP contribution in [0.3, 0.4) is 0 Å². The molecule has 1 N–H and O–H groups in total. The van der Waals surface area contributed by atoms with Crippen molar-refractivity contribution in [2.24, 2.45) is 11.8 Å². The molecule has 0 saturated heterocycles. The number of rotatable bonds is 11. The number of likely N-dealkylation sites (N-methyl/N-ethyl adjacent to an activating group) is 1. The predicted octanol–water partition coefficient (Wildman–Crippen LogP) is 5.35. The number of carbonyl (C=O) groups excluding carboxylic acids is 1. The Morgan fingerprint density at radius 2 is 1.59 bits per heavy atom. The van der Waals surface area contributed by atoms with Crippen LogP contribution >= 0.6 is 0 Å². The highest BCUT2D eigenvalue weighted by atomic mass is 32.2. The number of aryl methyl sites for hydroxylation is 1. The lowest BCUT2D eigenvalue weighted by atomic mass is 9.81. The van der Waals surface area contributed by atoms with Gasteiger partial charge in [-0.15, -0.1) is 0 Å². The molecule has 0 aromatic heterocycles. The maximum atomic E-state index is 13.9. The van der Waals surface area contributed by atoms with Gasteiger partial charge >= 0.3 is 0 Å². The van der Waals surface area contributed by atoms with Gasteiger partial charge in [0, 0.05) is 25.6 Å². The summed E-state index contributed by atoms with van der Waals surface area (Å²) < 4.78 is 28.8. The third-order valence-corrected chi connectivity index (χ3v) is 9.55. The van der Waals surface area contributed by atoms with Crippen LogP contribution in [-0.4, -0.2) is 54.4 Å². The largest absolute Gasteiger partial charge is 0.389 e. The average Bonchev–Trinajstić information content (AvgIpc) is 2.89. The van der Waals surface area contributed by atoms with E-state index in [1.807, 2.05) is 65.0 Å². The van der Waals surface area contributed by atoms with Crippen molar-refractivity contribution in [3.8, 4) is 0 Å². The number of carbonyl (C=O) groups is 1. The molecule has 1 amide bonds. The number of hydrogen-bond acceptors (Lipinski definition) is 4. The molecule has 1 fully saturated rings. The van der Waals surface area contributed by atoms with Gasteiger partial charge in [-0.1, -0.05) is 81.1 Å². The Labute approximate surface area is 223 Å². The number of benzene rings is 2. The lowest BCUT2D eigenvalue weighted by Crippen LogP contribution is -2.59. The van der Waals surface area contributed by atoms with Crippen molar-refractivity contribution in [1.29, 1.82) is 0 Å². The normalized spacial score (nSPS) is 17.5. The minimum Gasteiger partial charge on any atom is -0.389 e. The van der Waals surface area contributed by atoms with Crippen LogP contribution in [0.25, 0.3) is 0 Å². The molecule has 1 saturated carbocycles. The fourth-order valence-electron chi connectivity index (χ4n) is 5.49. The van der Waals surface area contributed by atoms with Gasteiger partial charge in [0.05, 0.1) is 16.5 Å². The molecule has 2 atom stereocenters. The molecular formula is C30H44N2O4S. The van der Waals surface area contributed by atoms with Gasteiger partial charge in [-0.3, -0.25) is 4.79 Å². The molecule has 7 heteroatoms. The first-order valence-electron chi connectivity index (χ1n) is 13.6. The summed E-state index contributed by atoms with van der Waals surface area (Å²) in [6.07, 6.45) is 3.80. The second kappa shape index (κ2) is 12.5. The molecule has 37 heavy (non-hydrogen) atoms. The zero-order valence-electron chi connectivity index (χ0n) is 23.1. The average molecular weight is 529 g/mol. The Bertz CT molecular complexity index is 1110. The Kier molecular flexibility index (Phi) is 9.95. The molecule has 0 spiro atoms. The molecule has 0 heterocycles. The fourth-order valence-corrected chi connectivity index (χ4v) is 7.10. The molecule has 0 aliphatic heterocycles. The molecule has 2 aromatic rings. The molecule has 2 aromatic carbocycles. The van der Waals surface area contributed by atoms with Crippen molar-refractivity contribution >= 4 is 15.9 Å². The van der Waals surface area contributed by atoms with E-state index in [2.05, 4.69) is 0 Å². The van der Waals surface area contributed by atoms with Crippen molar-refractivity contribution in [2.45, 2.75) is 83.3 Å². The van der Waals surface area contributed by atoms with Crippen molar-refractivity contribution in [3.05, 3.63) is 65.7 Å². The Morgan fingerprint density at radius 1 is 1.00 bits per heavy atom. The maximum Gasteiger partial charge on any atom is 0.243 e. The van der Waals surface area contributed by atoms with Gasteiger partial charge in [-0.2, -0.15) is 4.31 Å². The van der Waals surface area contributed by atoms with E-state index in [1.54, 1.807) is 29.2 Å². The first-order valence-corrected chi connectivity index (χ1v) is 15.1. The number of hydrogen-bond donors (Lipinski definition) is 1. The lowest BCUT2D eigenvalue weighted by molar-refractivity contribution is -0.149. The van der Waals surface area contributed by atoms with Gasteiger partial charge in [0.1, 0.15) is 0 Å². The van der Waals surface area contributed by atoms with E-state index < -0.39 is 21.7 Å². The molecule has 0 bridgehead atoms. The van der Waals surface area contributed by atoms with Crippen molar-refractivity contribution in [3.63, 3.8) is 0 Å². The van der Waals surface area contributed by atoms with Gasteiger partial charge in [0.2, 0.25) is 15.9 Å². The van der Waals surface area contributed by atoms with Crippen LogP contribution in [0.4, 0.5) is 0 Å². The van der Waals surface area contributed by atoms with E-state index in [1.165, 1.54) is 4.31 Å². The minimum absolute atomic E-state index is 0.0457. The van der Waals surface area contributed by atoms with Crippen LogP contribution in [0.15, 0.2) is 59.5 Å². The van der Waals surface area contributed by atoms with Crippen LogP contribution < -0.4 is 0 Å². The summed E-state index contributed by atoms with van der Waals surface area (Å²) in [4.78, 5) is 15.8. The van der Waals surface area contributed by atoms with Gasteiger partial charge in [-0.25, -0.2) is 8.42 Å². The van der Waals surface area contributed by atoms with Gasteiger partial charge in [0.15, 0.2) is 0 Å².